The highest BCUT2D eigenvalue weighted by molar-refractivity contribution is 5.96. The maximum absolute atomic E-state index is 11.0. The summed E-state index contributed by atoms with van der Waals surface area (Å²) in [7, 11) is 0. The second kappa shape index (κ2) is 4.37. The number of carbonyl (C=O) groups excluding carboxylic acids is 1. The van der Waals surface area contributed by atoms with Crippen LogP contribution in [0.5, 0.6) is 0 Å². The summed E-state index contributed by atoms with van der Waals surface area (Å²) >= 11 is 0. The first-order valence-electron chi connectivity index (χ1n) is 5.32. The van der Waals surface area contributed by atoms with Gasteiger partial charge in [-0.05, 0) is 17.6 Å². The molecule has 1 unspecified atom stereocenters. The highest BCUT2D eigenvalue weighted by Crippen LogP contribution is 2.31. The van der Waals surface area contributed by atoms with Crippen molar-refractivity contribution in [2.45, 2.75) is 6.42 Å². The first-order chi connectivity index (χ1) is 8.18. The Balaban J connectivity index is 2.28. The number of carbonyl (C=O) groups is 2. The van der Waals surface area contributed by atoms with E-state index in [1.165, 1.54) is 6.08 Å². The normalized spacial score (nSPS) is 22.9. The van der Waals surface area contributed by atoms with E-state index in [2.05, 4.69) is 0 Å². The van der Waals surface area contributed by atoms with Gasteiger partial charge >= 0.3 is 5.97 Å². The van der Waals surface area contributed by atoms with Crippen molar-refractivity contribution in [3.63, 3.8) is 0 Å². The van der Waals surface area contributed by atoms with Crippen molar-refractivity contribution in [2.24, 2.45) is 5.41 Å². The quantitative estimate of drug-likeness (QED) is 0.638. The Morgan fingerprint density at radius 2 is 2.00 bits per heavy atom. The molecule has 17 heavy (non-hydrogen) atoms. The van der Waals surface area contributed by atoms with Gasteiger partial charge in [-0.2, -0.15) is 0 Å². The molecule has 2 rings (SSSR count). The van der Waals surface area contributed by atoms with Crippen molar-refractivity contribution in [3.05, 3.63) is 54.1 Å². The standard InChI is InChI=1S/C14H12O3/c15-10-14(13(16)17)8-6-12(7-9-14)11-4-2-1-3-5-11/h1-8,10H,9H2,(H,16,17). The van der Waals surface area contributed by atoms with Gasteiger partial charge in [0, 0.05) is 0 Å². The molecule has 0 amide bonds. The number of carboxylic acids is 1. The summed E-state index contributed by atoms with van der Waals surface area (Å²) in [6.07, 6.45) is 5.64. The van der Waals surface area contributed by atoms with Crippen LogP contribution in [0.25, 0.3) is 5.57 Å². The predicted octanol–water partition coefficient (Wildman–Crippen LogP) is 2.30. The lowest BCUT2D eigenvalue weighted by Gasteiger charge is -2.21. The Hall–Kier alpha value is -2.16. The molecular formula is C14H12O3. The van der Waals surface area contributed by atoms with E-state index < -0.39 is 11.4 Å². The molecule has 0 aliphatic heterocycles. The number of hydrogen-bond donors (Lipinski definition) is 1. The van der Waals surface area contributed by atoms with Gasteiger partial charge in [0.2, 0.25) is 0 Å². The fourth-order valence-corrected chi connectivity index (χ4v) is 1.79. The van der Waals surface area contributed by atoms with Crippen LogP contribution in [0.4, 0.5) is 0 Å². The van der Waals surface area contributed by atoms with Gasteiger partial charge in [-0.15, -0.1) is 0 Å². The van der Waals surface area contributed by atoms with E-state index in [4.69, 9.17) is 5.11 Å². The third-order valence-corrected chi connectivity index (χ3v) is 2.94. The van der Waals surface area contributed by atoms with Gasteiger partial charge in [0.1, 0.15) is 11.7 Å². The molecule has 1 N–H and O–H groups in total. The average molecular weight is 228 g/mol. The van der Waals surface area contributed by atoms with Crippen molar-refractivity contribution in [3.8, 4) is 0 Å². The number of carboxylic acid groups (broad SMARTS) is 1. The molecule has 3 nitrogen and oxygen atoms in total. The number of aliphatic carboxylic acids is 1. The molecule has 0 spiro atoms. The molecule has 0 radical (unpaired) electrons. The van der Waals surface area contributed by atoms with Crippen LogP contribution in [0.15, 0.2) is 48.6 Å². The van der Waals surface area contributed by atoms with Gasteiger partial charge in [0.05, 0.1) is 0 Å². The van der Waals surface area contributed by atoms with Crippen LogP contribution in [0.2, 0.25) is 0 Å². The smallest absolute Gasteiger partial charge is 0.321 e. The summed E-state index contributed by atoms with van der Waals surface area (Å²) in [6, 6.07) is 9.66. The summed E-state index contributed by atoms with van der Waals surface area (Å²) < 4.78 is 0. The van der Waals surface area contributed by atoms with Crippen LogP contribution < -0.4 is 0 Å². The lowest BCUT2D eigenvalue weighted by Crippen LogP contribution is -2.31. The molecule has 0 bridgehead atoms. The molecule has 86 valence electrons. The van der Waals surface area contributed by atoms with E-state index in [1.54, 1.807) is 12.2 Å². The summed E-state index contributed by atoms with van der Waals surface area (Å²) in [5.41, 5.74) is 0.580. The fourth-order valence-electron chi connectivity index (χ4n) is 1.79. The number of rotatable bonds is 3. The maximum Gasteiger partial charge on any atom is 0.321 e. The van der Waals surface area contributed by atoms with Crippen LogP contribution >= 0.6 is 0 Å². The summed E-state index contributed by atoms with van der Waals surface area (Å²) in [5, 5.41) is 9.03. The van der Waals surface area contributed by atoms with Crippen LogP contribution in [-0.2, 0) is 9.59 Å². The lowest BCUT2D eigenvalue weighted by molar-refractivity contribution is -0.147. The fraction of sp³-hybridized carbons (Fsp3) is 0.143. The van der Waals surface area contributed by atoms with Gasteiger partial charge in [0.25, 0.3) is 0 Å². The second-order valence-electron chi connectivity index (χ2n) is 4.03. The molecule has 0 aromatic heterocycles. The number of benzene rings is 1. The minimum atomic E-state index is -1.39. The third kappa shape index (κ3) is 2.04. The average Bonchev–Trinajstić information content (AvgIpc) is 2.39. The van der Waals surface area contributed by atoms with E-state index in [9.17, 15) is 9.59 Å². The molecule has 1 atom stereocenters. The van der Waals surface area contributed by atoms with E-state index in [0.29, 0.717) is 6.29 Å². The maximum atomic E-state index is 11.0. The van der Waals surface area contributed by atoms with Crippen molar-refractivity contribution in [1.82, 2.24) is 0 Å². The van der Waals surface area contributed by atoms with Gasteiger partial charge in [0.15, 0.2) is 0 Å². The van der Waals surface area contributed by atoms with E-state index in [0.717, 1.165) is 11.1 Å². The minimum Gasteiger partial charge on any atom is -0.480 e. The van der Waals surface area contributed by atoms with Gasteiger partial charge < -0.3 is 9.90 Å². The number of aldehydes is 1. The Kier molecular flexibility index (Phi) is 2.91. The highest BCUT2D eigenvalue weighted by Gasteiger charge is 2.36. The molecule has 1 aromatic rings. The predicted molar refractivity (Wildman–Crippen MR) is 64.3 cm³/mol. The second-order valence-corrected chi connectivity index (χ2v) is 4.03. The van der Waals surface area contributed by atoms with Crippen molar-refractivity contribution in [1.29, 1.82) is 0 Å². The Morgan fingerprint density at radius 1 is 1.29 bits per heavy atom. The monoisotopic (exact) mass is 228 g/mol. The zero-order valence-electron chi connectivity index (χ0n) is 9.17. The zero-order chi connectivity index (χ0) is 12.3. The van der Waals surface area contributed by atoms with E-state index in [1.807, 2.05) is 30.3 Å². The first kappa shape index (κ1) is 11.3. The molecule has 3 heteroatoms. The van der Waals surface area contributed by atoms with Crippen molar-refractivity contribution in [2.75, 3.05) is 0 Å². The summed E-state index contributed by atoms with van der Waals surface area (Å²) in [6.45, 7) is 0. The van der Waals surface area contributed by atoms with Gasteiger partial charge in [-0.1, -0.05) is 48.6 Å². The SMILES string of the molecule is O=CC1(C(=O)O)C=CC(c2ccccc2)=CC1. The van der Waals surface area contributed by atoms with Crippen LogP contribution in [0, 0.1) is 5.41 Å². The van der Waals surface area contributed by atoms with Crippen molar-refractivity contribution < 1.29 is 14.7 Å². The molecule has 0 fully saturated rings. The molecule has 1 aromatic carbocycles. The summed E-state index contributed by atoms with van der Waals surface area (Å²) in [4.78, 5) is 21.9. The highest BCUT2D eigenvalue weighted by atomic mass is 16.4. The van der Waals surface area contributed by atoms with E-state index >= 15 is 0 Å². The topological polar surface area (TPSA) is 54.4 Å². The van der Waals surface area contributed by atoms with Crippen LogP contribution in [0.3, 0.4) is 0 Å². The molecule has 0 heterocycles. The van der Waals surface area contributed by atoms with Gasteiger partial charge in [-0.25, -0.2) is 0 Å². The Bertz CT molecular complexity index is 499. The van der Waals surface area contributed by atoms with Crippen LogP contribution in [-0.4, -0.2) is 17.4 Å². The van der Waals surface area contributed by atoms with E-state index in [-0.39, 0.29) is 6.42 Å². The lowest BCUT2D eigenvalue weighted by atomic mass is 9.80. The first-order valence-corrected chi connectivity index (χ1v) is 5.32. The Morgan fingerprint density at radius 3 is 2.47 bits per heavy atom. The Labute approximate surface area is 99.1 Å². The molecule has 0 saturated heterocycles. The zero-order valence-corrected chi connectivity index (χ0v) is 9.17. The number of hydrogen-bond acceptors (Lipinski definition) is 2. The minimum absolute atomic E-state index is 0.201. The molecule has 1 aliphatic rings. The number of allylic oxidation sites excluding steroid dienone is 3. The molecule has 0 saturated carbocycles. The van der Waals surface area contributed by atoms with Crippen molar-refractivity contribution >= 4 is 17.8 Å². The third-order valence-electron chi connectivity index (χ3n) is 2.94. The molecular weight excluding hydrogens is 216 g/mol. The van der Waals surface area contributed by atoms with Gasteiger partial charge in [-0.3, -0.25) is 4.79 Å². The largest absolute Gasteiger partial charge is 0.480 e. The summed E-state index contributed by atoms with van der Waals surface area (Å²) in [5.74, 6) is -1.10. The molecule has 1 aliphatic carbocycles. The van der Waals surface area contributed by atoms with Crippen LogP contribution in [0.1, 0.15) is 12.0 Å².